The van der Waals surface area contributed by atoms with E-state index in [9.17, 15) is 14.7 Å². The van der Waals surface area contributed by atoms with Gasteiger partial charge in [0, 0.05) is 11.1 Å². The van der Waals surface area contributed by atoms with Crippen molar-refractivity contribution in [2.75, 3.05) is 13.2 Å². The number of amides is 1. The number of nitrogens with one attached hydrogen (secondary N) is 1. The number of nitrogens with zero attached hydrogens (tertiary/aromatic N) is 1. The number of rotatable bonds is 7. The summed E-state index contributed by atoms with van der Waals surface area (Å²) >= 11 is 0. The molecule has 0 saturated carbocycles. The molecule has 0 fully saturated rings. The molecule has 124 valence electrons. The summed E-state index contributed by atoms with van der Waals surface area (Å²) in [6, 6.07) is 17.5. The standard InChI is InChI=1S/C18H18N2O4/c21-12-15(18(24)19-11-16(22)23)20-17(13-7-3-1-4-8-13)14-9-5-2-6-10-14/h1-10,15,21H,11-12H2,(H,19,24)(H,22,23)/t15-/m0/s1. The van der Waals surface area contributed by atoms with E-state index in [2.05, 4.69) is 10.3 Å². The van der Waals surface area contributed by atoms with Crippen LogP contribution in [0, 0.1) is 0 Å². The van der Waals surface area contributed by atoms with Crippen molar-refractivity contribution in [1.29, 1.82) is 0 Å². The highest BCUT2D eigenvalue weighted by molar-refractivity contribution is 6.13. The second-order valence-electron chi connectivity index (χ2n) is 5.02. The predicted octanol–water partition coefficient (Wildman–Crippen LogP) is 1.09. The Balaban J connectivity index is 2.36. The van der Waals surface area contributed by atoms with Gasteiger partial charge in [-0.2, -0.15) is 0 Å². The van der Waals surface area contributed by atoms with Crippen LogP contribution in [0.5, 0.6) is 0 Å². The molecule has 6 nitrogen and oxygen atoms in total. The second kappa shape index (κ2) is 8.59. The van der Waals surface area contributed by atoms with E-state index in [1.807, 2.05) is 60.7 Å². The van der Waals surface area contributed by atoms with Crippen LogP contribution >= 0.6 is 0 Å². The smallest absolute Gasteiger partial charge is 0.322 e. The van der Waals surface area contributed by atoms with E-state index in [0.29, 0.717) is 5.71 Å². The van der Waals surface area contributed by atoms with E-state index in [1.165, 1.54) is 0 Å². The maximum absolute atomic E-state index is 12.0. The Bertz CT molecular complexity index is 673. The van der Waals surface area contributed by atoms with E-state index in [4.69, 9.17) is 5.11 Å². The number of carboxylic acids is 1. The predicted molar refractivity (Wildman–Crippen MR) is 90.0 cm³/mol. The van der Waals surface area contributed by atoms with Crippen molar-refractivity contribution in [3.8, 4) is 0 Å². The van der Waals surface area contributed by atoms with Gasteiger partial charge in [0.25, 0.3) is 0 Å². The number of aliphatic imine (C=N–C) groups is 1. The summed E-state index contributed by atoms with van der Waals surface area (Å²) in [6.45, 7) is -1.04. The number of benzene rings is 2. The number of carboxylic acid groups (broad SMARTS) is 1. The lowest BCUT2D eigenvalue weighted by Gasteiger charge is -2.13. The van der Waals surface area contributed by atoms with E-state index < -0.39 is 31.1 Å². The Kier molecular flexibility index (Phi) is 6.22. The van der Waals surface area contributed by atoms with Crippen molar-refractivity contribution >= 4 is 17.6 Å². The number of hydrogen-bond donors (Lipinski definition) is 3. The van der Waals surface area contributed by atoms with E-state index >= 15 is 0 Å². The highest BCUT2D eigenvalue weighted by atomic mass is 16.4. The number of aliphatic carboxylic acids is 1. The Labute approximate surface area is 139 Å². The summed E-state index contributed by atoms with van der Waals surface area (Å²) in [4.78, 5) is 27.0. The Morgan fingerprint density at radius 3 is 1.88 bits per heavy atom. The van der Waals surface area contributed by atoms with Gasteiger partial charge in [0.15, 0.2) is 6.04 Å². The van der Waals surface area contributed by atoms with Gasteiger partial charge in [-0.1, -0.05) is 60.7 Å². The van der Waals surface area contributed by atoms with Gasteiger partial charge in [0.1, 0.15) is 6.54 Å². The summed E-state index contributed by atoms with van der Waals surface area (Å²) in [5.41, 5.74) is 2.15. The molecular formula is C18H18N2O4. The minimum Gasteiger partial charge on any atom is -0.480 e. The molecule has 1 amide bonds. The van der Waals surface area contributed by atoms with Crippen molar-refractivity contribution in [1.82, 2.24) is 5.32 Å². The van der Waals surface area contributed by atoms with Crippen molar-refractivity contribution in [3.05, 3.63) is 71.8 Å². The second-order valence-corrected chi connectivity index (χ2v) is 5.02. The van der Waals surface area contributed by atoms with Gasteiger partial charge in [0.05, 0.1) is 12.3 Å². The van der Waals surface area contributed by atoms with Crippen LogP contribution in [0.1, 0.15) is 11.1 Å². The molecule has 24 heavy (non-hydrogen) atoms. The number of hydrogen-bond acceptors (Lipinski definition) is 4. The third kappa shape index (κ3) is 4.76. The third-order valence-corrected chi connectivity index (χ3v) is 3.27. The maximum atomic E-state index is 12.0. The molecule has 0 saturated heterocycles. The number of aliphatic hydroxyl groups is 1. The molecular weight excluding hydrogens is 308 g/mol. The summed E-state index contributed by atoms with van der Waals surface area (Å²) in [5, 5.41) is 20.4. The monoisotopic (exact) mass is 326 g/mol. The number of carbonyl (C=O) groups excluding carboxylic acids is 1. The first-order valence-corrected chi connectivity index (χ1v) is 7.41. The van der Waals surface area contributed by atoms with Gasteiger partial charge < -0.3 is 15.5 Å². The number of carbonyl (C=O) groups is 2. The van der Waals surface area contributed by atoms with Crippen LogP contribution in [0.4, 0.5) is 0 Å². The first-order valence-electron chi connectivity index (χ1n) is 7.41. The third-order valence-electron chi connectivity index (χ3n) is 3.27. The zero-order valence-corrected chi connectivity index (χ0v) is 12.9. The molecule has 0 radical (unpaired) electrons. The topological polar surface area (TPSA) is 99.0 Å². The van der Waals surface area contributed by atoms with Crippen molar-refractivity contribution < 1.29 is 19.8 Å². The molecule has 0 bridgehead atoms. The van der Waals surface area contributed by atoms with E-state index in [1.54, 1.807) is 0 Å². The minimum atomic E-state index is -1.16. The van der Waals surface area contributed by atoms with Gasteiger partial charge in [-0.15, -0.1) is 0 Å². The summed E-state index contributed by atoms with van der Waals surface area (Å²) < 4.78 is 0. The zero-order valence-electron chi connectivity index (χ0n) is 12.9. The van der Waals surface area contributed by atoms with Crippen LogP contribution in [0.3, 0.4) is 0 Å². The van der Waals surface area contributed by atoms with Crippen molar-refractivity contribution in [3.63, 3.8) is 0 Å². The van der Waals surface area contributed by atoms with Crippen LogP contribution in [0.15, 0.2) is 65.7 Å². The fraction of sp³-hybridized carbons (Fsp3) is 0.167. The molecule has 6 heteroatoms. The van der Waals surface area contributed by atoms with Crippen LogP contribution in [-0.2, 0) is 9.59 Å². The largest absolute Gasteiger partial charge is 0.480 e. The zero-order chi connectivity index (χ0) is 17.4. The van der Waals surface area contributed by atoms with Crippen LogP contribution in [0.2, 0.25) is 0 Å². The average molecular weight is 326 g/mol. The number of aliphatic hydroxyl groups excluding tert-OH is 1. The molecule has 0 aliphatic heterocycles. The molecule has 2 aromatic carbocycles. The summed E-state index contributed by atoms with van der Waals surface area (Å²) in [7, 11) is 0. The lowest BCUT2D eigenvalue weighted by atomic mass is 10.0. The molecule has 0 aliphatic rings. The minimum absolute atomic E-state index is 0.517. The highest BCUT2D eigenvalue weighted by Crippen LogP contribution is 2.12. The molecule has 0 aromatic heterocycles. The van der Waals surface area contributed by atoms with Crippen LogP contribution in [0.25, 0.3) is 0 Å². The average Bonchev–Trinajstić information content (AvgIpc) is 2.62. The SMILES string of the molecule is O=C(O)CNC(=O)[C@H](CO)N=C(c1ccccc1)c1ccccc1. The fourth-order valence-corrected chi connectivity index (χ4v) is 2.13. The lowest BCUT2D eigenvalue weighted by Crippen LogP contribution is -2.39. The molecule has 3 N–H and O–H groups in total. The molecule has 0 unspecified atom stereocenters. The molecule has 0 spiro atoms. The maximum Gasteiger partial charge on any atom is 0.322 e. The lowest BCUT2D eigenvalue weighted by molar-refractivity contribution is -0.138. The molecule has 0 heterocycles. The van der Waals surface area contributed by atoms with E-state index in [0.717, 1.165) is 11.1 Å². The highest BCUT2D eigenvalue weighted by Gasteiger charge is 2.19. The van der Waals surface area contributed by atoms with Gasteiger partial charge >= 0.3 is 5.97 Å². The molecule has 2 rings (SSSR count). The van der Waals surface area contributed by atoms with E-state index in [-0.39, 0.29) is 0 Å². The van der Waals surface area contributed by atoms with Crippen molar-refractivity contribution in [2.45, 2.75) is 6.04 Å². The Morgan fingerprint density at radius 1 is 0.958 bits per heavy atom. The molecule has 2 aromatic rings. The molecule has 1 atom stereocenters. The van der Waals surface area contributed by atoms with Crippen LogP contribution in [-0.4, -0.2) is 47.0 Å². The van der Waals surface area contributed by atoms with Crippen molar-refractivity contribution in [2.24, 2.45) is 4.99 Å². The Hall–Kier alpha value is -2.99. The van der Waals surface area contributed by atoms with Gasteiger partial charge in [-0.05, 0) is 0 Å². The van der Waals surface area contributed by atoms with Gasteiger partial charge in [-0.3, -0.25) is 14.6 Å². The quantitative estimate of drug-likeness (QED) is 0.663. The van der Waals surface area contributed by atoms with Gasteiger partial charge in [0.2, 0.25) is 5.91 Å². The fourth-order valence-electron chi connectivity index (χ4n) is 2.13. The van der Waals surface area contributed by atoms with Crippen LogP contribution < -0.4 is 5.32 Å². The Morgan fingerprint density at radius 2 is 1.46 bits per heavy atom. The molecule has 0 aliphatic carbocycles. The first-order chi connectivity index (χ1) is 11.6. The summed E-state index contributed by atoms with van der Waals surface area (Å²) in [5.74, 6) is -1.79. The van der Waals surface area contributed by atoms with Gasteiger partial charge in [-0.25, -0.2) is 0 Å². The first kappa shape index (κ1) is 17.4. The summed E-state index contributed by atoms with van der Waals surface area (Å²) in [6.07, 6.45) is 0. The normalized spacial score (nSPS) is 11.4.